The van der Waals surface area contributed by atoms with Crippen LogP contribution in [0.25, 0.3) is 0 Å². The predicted octanol–water partition coefficient (Wildman–Crippen LogP) is 3.54. The van der Waals surface area contributed by atoms with Crippen LogP contribution in [0.5, 0.6) is 0 Å². The number of alkyl halides is 1. The lowest BCUT2D eigenvalue weighted by atomic mass is 9.75. The number of carbonyl (C=O) groups is 1. The normalized spacial score (nSPS) is 27.8. The molecule has 0 bridgehead atoms. The van der Waals surface area contributed by atoms with Gasteiger partial charge in [0.25, 0.3) is 0 Å². The SMILES string of the molecule is CCC1(CC)CC(OC(=O)C(C)I)CC(C)(C)N1O. The first kappa shape index (κ1) is 17.2. The maximum absolute atomic E-state index is 11.8. The van der Waals surface area contributed by atoms with Gasteiger partial charge in [0.15, 0.2) is 0 Å². The summed E-state index contributed by atoms with van der Waals surface area (Å²) in [5.41, 5.74) is -0.662. The average molecular weight is 383 g/mol. The van der Waals surface area contributed by atoms with Gasteiger partial charge in [-0.15, -0.1) is 0 Å². The van der Waals surface area contributed by atoms with E-state index in [1.807, 2.05) is 20.8 Å². The maximum atomic E-state index is 11.8. The molecule has 1 heterocycles. The first-order chi connectivity index (χ1) is 8.68. The zero-order chi connectivity index (χ0) is 14.8. The van der Waals surface area contributed by atoms with Crippen LogP contribution < -0.4 is 0 Å². The van der Waals surface area contributed by atoms with Gasteiger partial charge >= 0.3 is 5.97 Å². The first-order valence-corrected chi connectivity index (χ1v) is 8.27. The second-order valence-corrected chi connectivity index (χ2v) is 8.01. The van der Waals surface area contributed by atoms with Gasteiger partial charge in [0.2, 0.25) is 0 Å². The fourth-order valence-corrected chi connectivity index (χ4v) is 3.19. The van der Waals surface area contributed by atoms with Crippen molar-refractivity contribution in [1.29, 1.82) is 0 Å². The Kier molecular flexibility index (Phi) is 5.66. The molecule has 2 unspecified atom stereocenters. The fourth-order valence-electron chi connectivity index (χ4n) is 3.05. The zero-order valence-corrected chi connectivity index (χ0v) is 14.7. The standard InChI is InChI=1S/C14H26INO3/c1-6-14(7-2)9-11(19-12(17)10(3)15)8-13(4,5)16(14)18/h10-11,18H,6-9H2,1-5H3. The molecule has 0 aromatic rings. The monoisotopic (exact) mass is 383 g/mol. The van der Waals surface area contributed by atoms with Crippen molar-refractivity contribution in [3.05, 3.63) is 0 Å². The number of hydroxylamine groups is 2. The smallest absolute Gasteiger partial charge is 0.318 e. The van der Waals surface area contributed by atoms with Crippen LogP contribution in [0.1, 0.15) is 60.3 Å². The first-order valence-electron chi connectivity index (χ1n) is 7.02. The molecule has 0 radical (unpaired) electrons. The molecule has 0 aromatic carbocycles. The lowest BCUT2D eigenvalue weighted by Crippen LogP contribution is -2.63. The van der Waals surface area contributed by atoms with Crippen molar-refractivity contribution in [3.8, 4) is 0 Å². The Hall–Kier alpha value is 0.120. The summed E-state index contributed by atoms with van der Waals surface area (Å²) in [7, 11) is 0. The molecule has 19 heavy (non-hydrogen) atoms. The van der Waals surface area contributed by atoms with Crippen LogP contribution in [0.3, 0.4) is 0 Å². The van der Waals surface area contributed by atoms with Crippen LogP contribution in [0, 0.1) is 0 Å². The fraction of sp³-hybridized carbons (Fsp3) is 0.929. The molecular weight excluding hydrogens is 357 g/mol. The summed E-state index contributed by atoms with van der Waals surface area (Å²) >= 11 is 2.07. The van der Waals surface area contributed by atoms with Gasteiger partial charge in [-0.2, -0.15) is 5.06 Å². The molecule has 2 atom stereocenters. The lowest BCUT2D eigenvalue weighted by Gasteiger charge is -2.53. The minimum atomic E-state index is -0.371. The Labute approximate surface area is 130 Å². The van der Waals surface area contributed by atoms with Gasteiger partial charge in [0.1, 0.15) is 10.0 Å². The summed E-state index contributed by atoms with van der Waals surface area (Å²) in [4.78, 5) is 11.8. The number of hydrogen-bond acceptors (Lipinski definition) is 4. The lowest BCUT2D eigenvalue weighted by molar-refractivity contribution is -0.271. The molecule has 1 rings (SSSR count). The Morgan fingerprint density at radius 2 is 1.95 bits per heavy atom. The molecule has 0 spiro atoms. The molecule has 1 N–H and O–H groups in total. The highest BCUT2D eigenvalue weighted by Gasteiger charge is 2.49. The number of rotatable bonds is 4. The molecule has 1 fully saturated rings. The molecule has 0 aromatic heterocycles. The van der Waals surface area contributed by atoms with Gasteiger partial charge in [-0.3, -0.25) is 4.79 Å². The minimum Gasteiger partial charge on any atom is -0.461 e. The third-order valence-electron chi connectivity index (χ3n) is 4.28. The van der Waals surface area contributed by atoms with E-state index in [1.54, 1.807) is 0 Å². The Morgan fingerprint density at radius 1 is 1.42 bits per heavy atom. The van der Waals surface area contributed by atoms with Crippen molar-refractivity contribution in [3.63, 3.8) is 0 Å². The molecule has 1 saturated heterocycles. The van der Waals surface area contributed by atoms with E-state index in [-0.39, 0.29) is 27.1 Å². The van der Waals surface area contributed by atoms with E-state index in [2.05, 4.69) is 36.4 Å². The molecule has 112 valence electrons. The molecule has 1 aliphatic rings. The van der Waals surface area contributed by atoms with Crippen molar-refractivity contribution >= 4 is 28.6 Å². The molecular formula is C14H26INO3. The van der Waals surface area contributed by atoms with Gasteiger partial charge in [-0.1, -0.05) is 36.4 Å². The molecule has 0 saturated carbocycles. The topological polar surface area (TPSA) is 49.8 Å². The molecule has 0 amide bonds. The number of nitrogens with zero attached hydrogens (tertiary/aromatic N) is 1. The van der Waals surface area contributed by atoms with E-state index in [9.17, 15) is 10.0 Å². The summed E-state index contributed by atoms with van der Waals surface area (Å²) in [5.74, 6) is -0.158. The highest BCUT2D eigenvalue weighted by molar-refractivity contribution is 14.1. The number of halogens is 1. The van der Waals surface area contributed by atoms with Crippen LogP contribution in [0.2, 0.25) is 0 Å². The third-order valence-corrected chi connectivity index (χ3v) is 4.79. The number of piperidine rings is 1. The summed E-state index contributed by atoms with van der Waals surface area (Å²) in [6.07, 6.45) is 2.95. The van der Waals surface area contributed by atoms with Crippen LogP contribution in [-0.4, -0.2) is 37.3 Å². The van der Waals surface area contributed by atoms with E-state index in [1.165, 1.54) is 5.06 Å². The Morgan fingerprint density at radius 3 is 2.37 bits per heavy atom. The third kappa shape index (κ3) is 3.61. The van der Waals surface area contributed by atoms with Crippen LogP contribution in [-0.2, 0) is 9.53 Å². The minimum absolute atomic E-state index is 0.108. The zero-order valence-electron chi connectivity index (χ0n) is 12.6. The largest absolute Gasteiger partial charge is 0.461 e. The van der Waals surface area contributed by atoms with Gasteiger partial charge in [0.05, 0.1) is 0 Å². The van der Waals surface area contributed by atoms with Crippen LogP contribution >= 0.6 is 22.6 Å². The van der Waals surface area contributed by atoms with Crippen molar-refractivity contribution in [2.24, 2.45) is 0 Å². The van der Waals surface area contributed by atoms with Crippen molar-refractivity contribution in [2.75, 3.05) is 0 Å². The van der Waals surface area contributed by atoms with Gasteiger partial charge < -0.3 is 9.94 Å². The quantitative estimate of drug-likeness (QED) is 0.458. The predicted molar refractivity (Wildman–Crippen MR) is 83.6 cm³/mol. The van der Waals surface area contributed by atoms with E-state index < -0.39 is 0 Å². The molecule has 5 heteroatoms. The highest BCUT2D eigenvalue weighted by atomic mass is 127. The van der Waals surface area contributed by atoms with Gasteiger partial charge in [-0.25, -0.2) is 0 Å². The number of hydrogen-bond donors (Lipinski definition) is 1. The second-order valence-electron chi connectivity index (χ2n) is 6.14. The van der Waals surface area contributed by atoms with Gasteiger partial charge in [-0.05, 0) is 33.6 Å². The highest BCUT2D eigenvalue weighted by Crippen LogP contribution is 2.42. The molecule has 4 nitrogen and oxygen atoms in total. The second kappa shape index (κ2) is 6.26. The number of carbonyl (C=O) groups excluding carboxylic acids is 1. The van der Waals surface area contributed by atoms with Gasteiger partial charge in [0, 0.05) is 23.9 Å². The summed E-state index contributed by atoms with van der Waals surface area (Å²) in [6.45, 7) is 9.99. The Balaban J connectivity index is 2.90. The van der Waals surface area contributed by atoms with Crippen molar-refractivity contribution in [1.82, 2.24) is 5.06 Å². The van der Waals surface area contributed by atoms with E-state index in [4.69, 9.17) is 4.74 Å². The van der Waals surface area contributed by atoms with Crippen LogP contribution in [0.4, 0.5) is 0 Å². The van der Waals surface area contributed by atoms with E-state index >= 15 is 0 Å². The van der Waals surface area contributed by atoms with Crippen molar-refractivity contribution in [2.45, 2.75) is 81.4 Å². The molecule has 1 aliphatic heterocycles. The number of esters is 1. The average Bonchev–Trinajstić information content (AvgIpc) is 2.33. The van der Waals surface area contributed by atoms with E-state index in [0.717, 1.165) is 12.8 Å². The van der Waals surface area contributed by atoms with E-state index in [0.29, 0.717) is 12.8 Å². The van der Waals surface area contributed by atoms with Crippen LogP contribution in [0.15, 0.2) is 0 Å². The Bertz CT molecular complexity index is 327. The number of ether oxygens (including phenoxy) is 1. The molecule has 0 aliphatic carbocycles. The summed E-state index contributed by atoms with van der Waals surface area (Å²) in [5, 5.41) is 12.0. The summed E-state index contributed by atoms with van der Waals surface area (Å²) in [6, 6.07) is 0. The maximum Gasteiger partial charge on any atom is 0.318 e. The van der Waals surface area contributed by atoms with Crippen molar-refractivity contribution < 1.29 is 14.7 Å². The summed E-state index contributed by atoms with van der Waals surface area (Å²) < 4.78 is 5.48.